The highest BCUT2D eigenvalue weighted by atomic mass is 15.2. The summed E-state index contributed by atoms with van der Waals surface area (Å²) in [4.78, 5) is 15.3. The first-order chi connectivity index (χ1) is 18.2. The van der Waals surface area contributed by atoms with Crippen LogP contribution in [0.3, 0.4) is 0 Å². The standard InChI is InChI=1S/C10H15N3.C8H16N2.C7H15N.C6H13N/c1-9-3-7-13(8-4-9)10-11-5-2-6-12-10;1-7-3-5-10(6-4-7)8(2)9;1-7-3-5-8(2)6-4-7;1-6-2-4-7-5-3-6/h2,5-6,9H,3-4,7-8H2,1H3;7,9H,3-6H2,1-2H3;7H,3-6H2,1-2H3;6-7H,2-5H2,1H3. The van der Waals surface area contributed by atoms with E-state index in [0.717, 1.165) is 61.6 Å². The average molecular weight is 530 g/mol. The second kappa shape index (κ2) is 18.5. The molecule has 0 radical (unpaired) electrons. The predicted octanol–water partition coefficient (Wildman–Crippen LogP) is 5.78. The van der Waals surface area contributed by atoms with Crippen LogP contribution in [0.2, 0.25) is 0 Å². The second-order valence-corrected chi connectivity index (χ2v) is 12.4. The molecule has 5 heterocycles. The number of amidine groups is 1. The Balaban J connectivity index is 0.000000183. The summed E-state index contributed by atoms with van der Waals surface area (Å²) in [6, 6.07) is 1.86. The number of anilines is 1. The van der Waals surface area contributed by atoms with Crippen molar-refractivity contribution < 1.29 is 0 Å². The van der Waals surface area contributed by atoms with Crippen molar-refractivity contribution in [3.8, 4) is 0 Å². The molecule has 0 aliphatic carbocycles. The van der Waals surface area contributed by atoms with E-state index in [1.54, 1.807) is 12.4 Å². The maximum Gasteiger partial charge on any atom is 0.225 e. The summed E-state index contributed by atoms with van der Waals surface area (Å²) in [5, 5.41) is 10.7. The van der Waals surface area contributed by atoms with Gasteiger partial charge in [0.15, 0.2) is 0 Å². The molecule has 0 saturated carbocycles. The Bertz CT molecular complexity index is 703. The van der Waals surface area contributed by atoms with E-state index in [4.69, 9.17) is 5.41 Å². The van der Waals surface area contributed by atoms with Gasteiger partial charge in [-0.1, -0.05) is 27.7 Å². The zero-order valence-electron chi connectivity index (χ0n) is 25.6. The molecule has 0 bridgehead atoms. The third-order valence-electron chi connectivity index (χ3n) is 8.51. The quantitative estimate of drug-likeness (QED) is 0.355. The number of likely N-dealkylation sites (tertiary alicyclic amines) is 2. The van der Waals surface area contributed by atoms with Crippen molar-refractivity contribution in [2.24, 2.45) is 23.7 Å². The van der Waals surface area contributed by atoms with E-state index >= 15 is 0 Å². The van der Waals surface area contributed by atoms with E-state index in [1.807, 2.05) is 13.0 Å². The van der Waals surface area contributed by atoms with E-state index in [0.29, 0.717) is 0 Å². The molecule has 0 amide bonds. The molecule has 4 aliphatic heterocycles. The molecule has 218 valence electrons. The van der Waals surface area contributed by atoms with Gasteiger partial charge in [0.25, 0.3) is 0 Å². The maximum atomic E-state index is 7.38. The number of rotatable bonds is 1. The number of piperidine rings is 4. The topological polar surface area (TPSA) is 71.4 Å². The van der Waals surface area contributed by atoms with Gasteiger partial charge >= 0.3 is 0 Å². The van der Waals surface area contributed by atoms with Crippen LogP contribution in [0.15, 0.2) is 18.5 Å². The van der Waals surface area contributed by atoms with Gasteiger partial charge in [0.05, 0.1) is 5.84 Å². The molecule has 0 atom stereocenters. The van der Waals surface area contributed by atoms with Gasteiger partial charge in [-0.3, -0.25) is 5.41 Å². The molecule has 2 N–H and O–H groups in total. The van der Waals surface area contributed by atoms with Crippen LogP contribution >= 0.6 is 0 Å². The summed E-state index contributed by atoms with van der Waals surface area (Å²) in [5.41, 5.74) is 0. The number of hydrogen-bond donors (Lipinski definition) is 2. The van der Waals surface area contributed by atoms with Crippen LogP contribution in [0.4, 0.5) is 5.95 Å². The lowest BCUT2D eigenvalue weighted by molar-refractivity contribution is 0.230. The van der Waals surface area contributed by atoms with Crippen LogP contribution in [-0.2, 0) is 0 Å². The van der Waals surface area contributed by atoms with Gasteiger partial charge in [-0.15, -0.1) is 0 Å². The lowest BCUT2D eigenvalue weighted by Crippen LogP contribution is -2.35. The Kier molecular flexibility index (Phi) is 15.8. The Morgan fingerprint density at radius 3 is 1.53 bits per heavy atom. The number of hydrogen-bond acceptors (Lipinski definition) is 6. The molecular weight excluding hydrogens is 470 g/mol. The molecule has 5 rings (SSSR count). The van der Waals surface area contributed by atoms with E-state index in [-0.39, 0.29) is 0 Å². The number of nitrogens with zero attached hydrogens (tertiary/aromatic N) is 5. The van der Waals surface area contributed by atoms with E-state index in [2.05, 4.69) is 64.7 Å². The fourth-order valence-electron chi connectivity index (χ4n) is 5.11. The second-order valence-electron chi connectivity index (χ2n) is 12.4. The lowest BCUT2D eigenvalue weighted by atomic mass is 9.99. The Labute approximate surface area is 234 Å². The first-order valence-electron chi connectivity index (χ1n) is 15.5. The molecule has 38 heavy (non-hydrogen) atoms. The van der Waals surface area contributed by atoms with Crippen molar-refractivity contribution in [3.05, 3.63) is 18.5 Å². The molecule has 4 aliphatic rings. The SMILES string of the molecule is CC(=N)N1CCC(C)CC1.CC1CCN(C)CC1.CC1CCN(c2ncccn2)CC1.CC1CCNCC1. The van der Waals surface area contributed by atoms with Gasteiger partial charge in [-0.25, -0.2) is 9.97 Å². The molecule has 7 nitrogen and oxygen atoms in total. The highest BCUT2D eigenvalue weighted by Gasteiger charge is 2.17. The minimum atomic E-state index is 0.729. The normalized spacial score (nSPS) is 22.3. The van der Waals surface area contributed by atoms with Crippen LogP contribution in [0, 0.1) is 29.1 Å². The van der Waals surface area contributed by atoms with Crippen molar-refractivity contribution in [1.82, 2.24) is 25.1 Å². The maximum absolute atomic E-state index is 7.38. The summed E-state index contributed by atoms with van der Waals surface area (Å²) < 4.78 is 0. The zero-order valence-corrected chi connectivity index (χ0v) is 25.6. The van der Waals surface area contributed by atoms with Crippen LogP contribution < -0.4 is 10.2 Å². The molecule has 4 fully saturated rings. The van der Waals surface area contributed by atoms with Crippen molar-refractivity contribution in [3.63, 3.8) is 0 Å². The third-order valence-corrected chi connectivity index (χ3v) is 8.51. The van der Waals surface area contributed by atoms with Crippen molar-refractivity contribution in [2.45, 2.75) is 86.0 Å². The van der Waals surface area contributed by atoms with E-state index < -0.39 is 0 Å². The Morgan fingerprint density at radius 2 is 1.13 bits per heavy atom. The highest BCUT2D eigenvalue weighted by Crippen LogP contribution is 2.19. The fourth-order valence-corrected chi connectivity index (χ4v) is 5.11. The monoisotopic (exact) mass is 529 g/mol. The average Bonchev–Trinajstić information content (AvgIpc) is 2.93. The molecule has 1 aromatic heterocycles. The molecule has 0 spiro atoms. The summed E-state index contributed by atoms with van der Waals surface area (Å²) in [7, 11) is 2.20. The third kappa shape index (κ3) is 13.9. The fraction of sp³-hybridized carbons (Fsp3) is 0.839. The molecular formula is C31H59N7. The summed E-state index contributed by atoms with van der Waals surface area (Å²) in [6.07, 6.45) is 14.2. The van der Waals surface area contributed by atoms with Crippen LogP contribution in [0.1, 0.15) is 86.0 Å². The van der Waals surface area contributed by atoms with Crippen molar-refractivity contribution in [2.75, 3.05) is 64.3 Å². The first-order valence-corrected chi connectivity index (χ1v) is 15.5. The van der Waals surface area contributed by atoms with Gasteiger partial charge in [0.2, 0.25) is 5.95 Å². The molecule has 4 saturated heterocycles. The van der Waals surface area contributed by atoms with Gasteiger partial charge in [-0.05, 0) is 121 Å². The Morgan fingerprint density at radius 1 is 0.711 bits per heavy atom. The van der Waals surface area contributed by atoms with Gasteiger partial charge in [0, 0.05) is 38.6 Å². The minimum absolute atomic E-state index is 0.729. The highest BCUT2D eigenvalue weighted by molar-refractivity contribution is 5.76. The lowest BCUT2D eigenvalue weighted by Gasteiger charge is -2.30. The summed E-state index contributed by atoms with van der Waals surface area (Å²) >= 11 is 0. The smallest absolute Gasteiger partial charge is 0.225 e. The first kappa shape index (κ1) is 32.5. The number of aromatic nitrogens is 2. The van der Waals surface area contributed by atoms with Crippen LogP contribution in [-0.4, -0.2) is 85.0 Å². The summed E-state index contributed by atoms with van der Waals surface area (Å²) in [6.45, 7) is 20.6. The van der Waals surface area contributed by atoms with Gasteiger partial charge in [0.1, 0.15) is 0 Å². The van der Waals surface area contributed by atoms with Gasteiger partial charge < -0.3 is 20.0 Å². The van der Waals surface area contributed by atoms with Crippen molar-refractivity contribution in [1.29, 1.82) is 5.41 Å². The molecule has 0 unspecified atom stereocenters. The van der Waals surface area contributed by atoms with Crippen molar-refractivity contribution >= 4 is 11.8 Å². The van der Waals surface area contributed by atoms with E-state index in [9.17, 15) is 0 Å². The molecule has 0 aromatic carbocycles. The number of nitrogens with one attached hydrogen (secondary N) is 2. The molecule has 1 aromatic rings. The van der Waals surface area contributed by atoms with E-state index in [1.165, 1.54) is 77.5 Å². The minimum Gasteiger partial charge on any atom is -0.361 e. The van der Waals surface area contributed by atoms with Gasteiger partial charge in [-0.2, -0.15) is 0 Å². The Hall–Kier alpha value is -1.73. The molecule has 7 heteroatoms. The largest absolute Gasteiger partial charge is 0.361 e. The predicted molar refractivity (Wildman–Crippen MR) is 163 cm³/mol. The zero-order chi connectivity index (χ0) is 27.8. The van der Waals surface area contributed by atoms with Crippen LogP contribution in [0.5, 0.6) is 0 Å². The van der Waals surface area contributed by atoms with Crippen LogP contribution in [0.25, 0.3) is 0 Å². The summed E-state index contributed by atoms with van der Waals surface area (Å²) in [5.74, 6) is 5.30.